The normalized spacial score (nSPS) is 18.5. The number of alkyl halides is 17. The van der Waals surface area contributed by atoms with Crippen molar-refractivity contribution in [2.75, 3.05) is 13.1 Å². The van der Waals surface area contributed by atoms with Crippen molar-refractivity contribution in [3.05, 3.63) is 0 Å². The van der Waals surface area contributed by atoms with Crippen LogP contribution in [0.15, 0.2) is 0 Å². The highest BCUT2D eigenvalue weighted by Gasteiger charge is 2.85. The molecule has 2 unspecified atom stereocenters. The summed E-state index contributed by atoms with van der Waals surface area (Å²) in [5.74, 6) is -26.1. The first kappa shape index (κ1) is 31.2. The Bertz CT molecular complexity index is 702. The number of amides is 1. The Hall–Kier alpha value is -1.84. The van der Waals surface area contributed by atoms with Gasteiger partial charge in [0, 0.05) is 13.1 Å². The van der Waals surface area contributed by atoms with Gasteiger partial charge in [0.1, 0.15) is 0 Å². The van der Waals surface area contributed by atoms with Crippen molar-refractivity contribution < 1.29 is 88.9 Å². The molecule has 0 aromatic carbocycles. The second kappa shape index (κ2) is 8.74. The van der Waals surface area contributed by atoms with Crippen LogP contribution in [0.5, 0.6) is 0 Å². The molecule has 0 saturated heterocycles. The molecule has 0 bridgehead atoms. The van der Waals surface area contributed by atoms with E-state index in [0.717, 1.165) is 0 Å². The maximum Gasteiger partial charge on any atom is 0.462 e. The third-order valence-corrected chi connectivity index (χ3v) is 3.08. The molecule has 22 heteroatoms. The summed E-state index contributed by atoms with van der Waals surface area (Å²) in [4.78, 5) is 11.1. The summed E-state index contributed by atoms with van der Waals surface area (Å²) in [7, 11) is 0. The molecule has 0 fully saturated rings. The molecule has 198 valence electrons. The number of hydrogen-bond donors (Lipinski definition) is 2. The number of ether oxygens (including phenoxy) is 2. The van der Waals surface area contributed by atoms with Crippen LogP contribution in [0.4, 0.5) is 74.6 Å². The van der Waals surface area contributed by atoms with Crippen LogP contribution < -0.4 is 11.1 Å². The molecule has 0 spiro atoms. The van der Waals surface area contributed by atoms with E-state index in [2.05, 4.69) is 5.73 Å². The molecule has 0 aliphatic rings. The molecule has 0 aliphatic heterocycles. The van der Waals surface area contributed by atoms with Gasteiger partial charge in [-0.1, -0.05) is 0 Å². The van der Waals surface area contributed by atoms with Crippen molar-refractivity contribution in [2.24, 2.45) is 5.73 Å². The molecule has 0 aromatic heterocycles. The highest BCUT2D eigenvalue weighted by Crippen LogP contribution is 2.56. The summed E-state index contributed by atoms with van der Waals surface area (Å²) >= 11 is 0. The van der Waals surface area contributed by atoms with Gasteiger partial charge in [0.15, 0.2) is 0 Å². The second-order valence-electron chi connectivity index (χ2n) is 5.54. The highest BCUT2D eigenvalue weighted by atomic mass is 19.4. The number of nitrogens with one attached hydrogen (secondary N) is 1. The van der Waals surface area contributed by atoms with Crippen molar-refractivity contribution in [1.29, 1.82) is 0 Å². The molecule has 0 rings (SSSR count). The lowest BCUT2D eigenvalue weighted by atomic mass is 10.2. The van der Waals surface area contributed by atoms with Crippen molar-refractivity contribution in [2.45, 2.75) is 48.4 Å². The van der Waals surface area contributed by atoms with E-state index in [9.17, 15) is 79.4 Å². The Kier molecular flexibility index (Phi) is 8.26. The molecule has 0 aliphatic carbocycles. The van der Waals surface area contributed by atoms with Crippen molar-refractivity contribution in [3.8, 4) is 0 Å². The third-order valence-electron chi connectivity index (χ3n) is 3.08. The summed E-state index contributed by atoms with van der Waals surface area (Å²) < 4.78 is 221. The van der Waals surface area contributed by atoms with Crippen LogP contribution in [0.3, 0.4) is 0 Å². The summed E-state index contributed by atoms with van der Waals surface area (Å²) in [6.07, 6.45) is -38.5. The molecule has 0 saturated carbocycles. The number of carbonyl (C=O) groups excluding carboxylic acids is 1. The Morgan fingerprint density at radius 3 is 1.36 bits per heavy atom. The van der Waals surface area contributed by atoms with Gasteiger partial charge < -0.3 is 11.1 Å². The molecule has 5 nitrogen and oxygen atoms in total. The van der Waals surface area contributed by atoms with Crippen LogP contribution in [-0.2, 0) is 14.3 Å². The van der Waals surface area contributed by atoms with Crippen molar-refractivity contribution >= 4 is 5.91 Å². The van der Waals surface area contributed by atoms with Gasteiger partial charge >= 0.3 is 48.4 Å². The highest BCUT2D eigenvalue weighted by molar-refractivity contribution is 5.84. The minimum atomic E-state index is -8.03. The van der Waals surface area contributed by atoms with Gasteiger partial charge in [0.05, 0.1) is 0 Å². The molecule has 1 amide bonds. The van der Waals surface area contributed by atoms with E-state index in [1.807, 2.05) is 4.74 Å². The average Bonchev–Trinajstić information content (AvgIpc) is 2.55. The molecule has 0 aromatic rings. The second-order valence-corrected chi connectivity index (χ2v) is 5.54. The first-order valence-electron chi connectivity index (χ1n) is 7.25. The number of carbonyl (C=O) groups is 1. The summed E-state index contributed by atoms with van der Waals surface area (Å²) in [5, 5.41) is 0.706. The Morgan fingerprint density at radius 1 is 0.636 bits per heavy atom. The first-order valence-corrected chi connectivity index (χ1v) is 7.25. The molecule has 0 radical (unpaired) electrons. The van der Waals surface area contributed by atoms with E-state index in [1.54, 1.807) is 0 Å². The summed E-state index contributed by atoms with van der Waals surface area (Å²) in [6, 6.07) is 0. The number of halogens is 17. The minimum absolute atomic E-state index is 0.706. The zero-order chi connectivity index (χ0) is 27.1. The number of hydrogen-bond acceptors (Lipinski definition) is 4. The van der Waals surface area contributed by atoms with Gasteiger partial charge in [-0.3, -0.25) is 14.3 Å². The Morgan fingerprint density at radius 2 is 1.06 bits per heavy atom. The van der Waals surface area contributed by atoms with Gasteiger partial charge in [-0.2, -0.15) is 74.6 Å². The zero-order valence-electron chi connectivity index (χ0n) is 14.6. The van der Waals surface area contributed by atoms with Crippen LogP contribution in [-0.4, -0.2) is 67.4 Å². The largest absolute Gasteiger partial charge is 0.462 e. The van der Waals surface area contributed by atoms with Crippen LogP contribution in [0.1, 0.15) is 0 Å². The van der Waals surface area contributed by atoms with E-state index >= 15 is 0 Å². The Labute approximate surface area is 168 Å². The predicted octanol–water partition coefficient (Wildman–Crippen LogP) is 3.93. The molecular weight excluding hydrogens is 531 g/mol. The van der Waals surface area contributed by atoms with Crippen LogP contribution in [0, 0.1) is 0 Å². The van der Waals surface area contributed by atoms with Crippen LogP contribution in [0.25, 0.3) is 0 Å². The molecule has 0 heterocycles. The maximum absolute atomic E-state index is 13.9. The van der Waals surface area contributed by atoms with E-state index in [1.165, 1.54) is 4.74 Å². The van der Waals surface area contributed by atoms with E-state index < -0.39 is 67.4 Å². The SMILES string of the molecule is NCCNC(=O)C(F)(OC(F)(F)C(F)(OC(F)(F)C(F)(F)C(F)(F)F)C(F)(F)F)C(F)(F)F. The van der Waals surface area contributed by atoms with E-state index in [0.29, 0.717) is 5.32 Å². The summed E-state index contributed by atoms with van der Waals surface area (Å²) in [5.41, 5.74) is 4.65. The number of rotatable bonds is 9. The monoisotopic (exact) mass is 538 g/mol. The Balaban J connectivity index is 6.67. The van der Waals surface area contributed by atoms with Gasteiger partial charge in [-0.15, -0.1) is 0 Å². The smallest absolute Gasteiger partial charge is 0.350 e. The average molecular weight is 538 g/mol. The van der Waals surface area contributed by atoms with Gasteiger partial charge in [-0.05, 0) is 0 Å². The fourth-order valence-electron chi connectivity index (χ4n) is 1.46. The quantitative estimate of drug-likeness (QED) is 0.437. The maximum atomic E-state index is 13.9. The van der Waals surface area contributed by atoms with E-state index in [4.69, 9.17) is 0 Å². The van der Waals surface area contributed by atoms with Crippen molar-refractivity contribution in [1.82, 2.24) is 5.32 Å². The predicted molar refractivity (Wildman–Crippen MR) is 64.9 cm³/mol. The van der Waals surface area contributed by atoms with Gasteiger partial charge in [0.25, 0.3) is 5.91 Å². The van der Waals surface area contributed by atoms with Crippen LogP contribution in [0.2, 0.25) is 0 Å². The third kappa shape index (κ3) is 5.63. The molecular formula is C11H7F17N2O3. The number of nitrogens with two attached hydrogens (primary N) is 1. The standard InChI is InChI=1S/C11H7F17N2O3/c12-4(7(16,17)18,3(31)30-2-1-29)32-11(27,28)6(15,9(22,23)24)33-10(25,26)5(13,14)8(19,20)21/h1-2,29H2,(H,30,31). The minimum Gasteiger partial charge on any atom is -0.350 e. The fraction of sp³-hybridized carbons (Fsp3) is 0.909. The van der Waals surface area contributed by atoms with Crippen LogP contribution >= 0.6 is 0 Å². The van der Waals surface area contributed by atoms with Gasteiger partial charge in [-0.25, -0.2) is 0 Å². The molecule has 3 N–H and O–H groups in total. The molecule has 2 atom stereocenters. The fourth-order valence-corrected chi connectivity index (χ4v) is 1.46. The van der Waals surface area contributed by atoms with E-state index in [-0.39, 0.29) is 0 Å². The summed E-state index contributed by atoms with van der Waals surface area (Å²) in [6.45, 7) is -2.12. The first-order chi connectivity index (χ1) is 14.1. The zero-order valence-corrected chi connectivity index (χ0v) is 14.6. The molecule has 33 heavy (non-hydrogen) atoms. The lowest BCUT2D eigenvalue weighted by molar-refractivity contribution is -0.548. The topological polar surface area (TPSA) is 73.6 Å². The lowest BCUT2D eigenvalue weighted by Crippen LogP contribution is -2.68. The lowest BCUT2D eigenvalue weighted by Gasteiger charge is -2.40. The van der Waals surface area contributed by atoms with Crippen molar-refractivity contribution in [3.63, 3.8) is 0 Å². The van der Waals surface area contributed by atoms with Gasteiger partial charge in [0.2, 0.25) is 0 Å².